The first-order valence-corrected chi connectivity index (χ1v) is 11.7. The van der Waals surface area contributed by atoms with Crippen LogP contribution in [-0.2, 0) is 4.79 Å². The number of thioether (sulfide) groups is 1. The summed E-state index contributed by atoms with van der Waals surface area (Å²) in [6.07, 6.45) is 7.46. The van der Waals surface area contributed by atoms with Crippen LogP contribution >= 0.6 is 11.8 Å². The minimum absolute atomic E-state index is 0.0720. The standard InChI is InChI=1S/C24H28N4O2S/c1-16-13-14-21(25-15-16)28-23(30)19-11-7-8-12-20(19)26-24(28)31-17(2)22(29)27(3)18-9-5-4-6-10-18/h7-8,11-15,17-18H,4-6,9-10H2,1-3H3. The lowest BCUT2D eigenvalue weighted by Crippen LogP contribution is -2.42. The molecule has 0 bridgehead atoms. The first-order valence-electron chi connectivity index (χ1n) is 10.8. The summed E-state index contributed by atoms with van der Waals surface area (Å²) >= 11 is 1.32. The minimum Gasteiger partial charge on any atom is -0.342 e. The van der Waals surface area contributed by atoms with Crippen molar-refractivity contribution in [3.8, 4) is 5.82 Å². The van der Waals surface area contributed by atoms with Crippen molar-refractivity contribution in [1.82, 2.24) is 19.4 Å². The third-order valence-corrected chi connectivity index (χ3v) is 7.01. The lowest BCUT2D eigenvalue weighted by atomic mass is 9.94. The highest BCUT2D eigenvalue weighted by Crippen LogP contribution is 2.28. The van der Waals surface area contributed by atoms with Crippen LogP contribution in [0.1, 0.15) is 44.6 Å². The fourth-order valence-electron chi connectivity index (χ4n) is 4.13. The van der Waals surface area contributed by atoms with Gasteiger partial charge in [0.2, 0.25) is 5.91 Å². The van der Waals surface area contributed by atoms with Crippen LogP contribution in [-0.4, -0.2) is 43.7 Å². The molecule has 2 heterocycles. The van der Waals surface area contributed by atoms with E-state index in [1.165, 1.54) is 35.6 Å². The second-order valence-corrected chi connectivity index (χ2v) is 9.55. The Morgan fingerprint density at radius 1 is 1.16 bits per heavy atom. The number of hydrogen-bond acceptors (Lipinski definition) is 5. The number of rotatable bonds is 5. The molecule has 4 rings (SSSR count). The van der Waals surface area contributed by atoms with Crippen molar-refractivity contribution in [2.45, 2.75) is 62.4 Å². The summed E-state index contributed by atoms with van der Waals surface area (Å²) in [5, 5.41) is 0.655. The number of hydrogen-bond donors (Lipinski definition) is 0. The Morgan fingerprint density at radius 2 is 1.90 bits per heavy atom. The van der Waals surface area contributed by atoms with E-state index in [4.69, 9.17) is 4.98 Å². The van der Waals surface area contributed by atoms with Gasteiger partial charge in [-0.1, -0.05) is 49.2 Å². The van der Waals surface area contributed by atoms with Crippen molar-refractivity contribution in [1.29, 1.82) is 0 Å². The van der Waals surface area contributed by atoms with E-state index in [9.17, 15) is 9.59 Å². The Balaban J connectivity index is 1.70. The molecule has 0 spiro atoms. The van der Waals surface area contributed by atoms with Crippen molar-refractivity contribution in [3.05, 3.63) is 58.5 Å². The number of aromatic nitrogens is 3. The maximum Gasteiger partial charge on any atom is 0.267 e. The highest BCUT2D eigenvalue weighted by molar-refractivity contribution is 8.00. The molecule has 0 radical (unpaired) electrons. The molecule has 1 amide bonds. The van der Waals surface area contributed by atoms with Crippen LogP contribution in [0.15, 0.2) is 52.5 Å². The Hall–Kier alpha value is -2.67. The summed E-state index contributed by atoms with van der Waals surface area (Å²) in [5.41, 5.74) is 1.46. The molecule has 6 nitrogen and oxygen atoms in total. The van der Waals surface area contributed by atoms with Crippen LogP contribution in [0.5, 0.6) is 0 Å². The molecular weight excluding hydrogens is 408 g/mol. The number of carbonyl (C=O) groups excluding carboxylic acids is 1. The Morgan fingerprint density at radius 3 is 2.61 bits per heavy atom. The summed E-state index contributed by atoms with van der Waals surface area (Å²) < 4.78 is 1.52. The summed E-state index contributed by atoms with van der Waals surface area (Å²) in [6.45, 7) is 3.84. The number of benzene rings is 1. The summed E-state index contributed by atoms with van der Waals surface area (Å²) in [6, 6.07) is 11.3. The van der Waals surface area contributed by atoms with Gasteiger partial charge in [0.15, 0.2) is 5.16 Å². The molecular formula is C24H28N4O2S. The van der Waals surface area contributed by atoms with Gasteiger partial charge in [-0.2, -0.15) is 0 Å². The molecule has 1 aromatic carbocycles. The normalized spacial score (nSPS) is 15.7. The Labute approximate surface area is 186 Å². The Kier molecular flexibility index (Phi) is 6.41. The first-order chi connectivity index (χ1) is 15.0. The van der Waals surface area contributed by atoms with Crippen LogP contribution < -0.4 is 5.56 Å². The fraction of sp³-hybridized carbons (Fsp3) is 0.417. The molecule has 162 valence electrons. The highest BCUT2D eigenvalue weighted by atomic mass is 32.2. The van der Waals surface area contributed by atoms with E-state index < -0.39 is 0 Å². The molecule has 2 aromatic heterocycles. The summed E-state index contributed by atoms with van der Waals surface area (Å²) in [4.78, 5) is 37.6. The van der Waals surface area contributed by atoms with Gasteiger partial charge in [-0.3, -0.25) is 9.59 Å². The van der Waals surface area contributed by atoms with E-state index in [2.05, 4.69) is 4.98 Å². The average Bonchev–Trinajstić information content (AvgIpc) is 2.80. The number of aryl methyl sites for hydroxylation is 1. The predicted octanol–water partition coefficient (Wildman–Crippen LogP) is 4.36. The van der Waals surface area contributed by atoms with Gasteiger partial charge in [0.25, 0.3) is 5.56 Å². The fourth-order valence-corrected chi connectivity index (χ4v) is 5.15. The minimum atomic E-state index is -0.364. The van der Waals surface area contributed by atoms with Crippen LogP contribution in [0.25, 0.3) is 16.7 Å². The molecule has 3 aromatic rings. The van der Waals surface area contributed by atoms with Gasteiger partial charge in [-0.15, -0.1) is 0 Å². The number of para-hydroxylation sites is 1. The molecule has 7 heteroatoms. The van der Waals surface area contributed by atoms with Gasteiger partial charge in [0.05, 0.1) is 16.2 Å². The smallest absolute Gasteiger partial charge is 0.267 e. The zero-order valence-corrected chi connectivity index (χ0v) is 19.1. The number of pyridine rings is 1. The number of amides is 1. The molecule has 1 aliphatic rings. The maximum absolute atomic E-state index is 13.3. The van der Waals surface area contributed by atoms with E-state index >= 15 is 0 Å². The van der Waals surface area contributed by atoms with Gasteiger partial charge in [-0.05, 0) is 50.5 Å². The molecule has 1 aliphatic carbocycles. The van der Waals surface area contributed by atoms with Crippen LogP contribution in [0.2, 0.25) is 0 Å². The first kappa shape index (κ1) is 21.6. The van der Waals surface area contributed by atoms with Gasteiger partial charge < -0.3 is 4.90 Å². The van der Waals surface area contributed by atoms with Crippen LogP contribution in [0, 0.1) is 6.92 Å². The quantitative estimate of drug-likeness (QED) is 0.439. The summed E-state index contributed by atoms with van der Waals surface area (Å²) in [7, 11) is 1.90. The molecule has 0 aliphatic heterocycles. The zero-order valence-electron chi connectivity index (χ0n) is 18.2. The van der Waals surface area contributed by atoms with Crippen molar-refractivity contribution >= 4 is 28.6 Å². The van der Waals surface area contributed by atoms with Crippen LogP contribution in [0.3, 0.4) is 0 Å². The molecule has 0 saturated heterocycles. The highest BCUT2D eigenvalue weighted by Gasteiger charge is 2.27. The molecule has 1 fully saturated rings. The molecule has 0 N–H and O–H groups in total. The largest absolute Gasteiger partial charge is 0.342 e. The van der Waals surface area contributed by atoms with E-state index in [1.54, 1.807) is 12.3 Å². The van der Waals surface area contributed by atoms with Gasteiger partial charge in [0.1, 0.15) is 5.82 Å². The maximum atomic E-state index is 13.3. The van der Waals surface area contributed by atoms with Crippen molar-refractivity contribution in [2.24, 2.45) is 0 Å². The number of fused-ring (bicyclic) bond motifs is 1. The van der Waals surface area contributed by atoms with E-state index in [0.717, 1.165) is 18.4 Å². The SMILES string of the molecule is Cc1ccc(-n2c(SC(C)C(=O)N(C)C3CCCCC3)nc3ccccc3c2=O)nc1. The summed E-state index contributed by atoms with van der Waals surface area (Å²) in [5.74, 6) is 0.583. The molecule has 1 saturated carbocycles. The predicted molar refractivity (Wildman–Crippen MR) is 125 cm³/mol. The third kappa shape index (κ3) is 4.51. The number of carbonyl (C=O) groups is 1. The molecule has 1 atom stereocenters. The van der Waals surface area contributed by atoms with Gasteiger partial charge in [-0.25, -0.2) is 14.5 Å². The van der Waals surface area contributed by atoms with Gasteiger partial charge in [0, 0.05) is 19.3 Å². The second kappa shape index (κ2) is 9.22. The lowest BCUT2D eigenvalue weighted by molar-refractivity contribution is -0.131. The third-order valence-electron chi connectivity index (χ3n) is 5.97. The number of nitrogens with zero attached hydrogens (tertiary/aromatic N) is 4. The topological polar surface area (TPSA) is 68.1 Å². The lowest BCUT2D eigenvalue weighted by Gasteiger charge is -2.32. The van der Waals surface area contributed by atoms with Crippen molar-refractivity contribution < 1.29 is 4.79 Å². The van der Waals surface area contributed by atoms with Crippen molar-refractivity contribution in [3.63, 3.8) is 0 Å². The van der Waals surface area contributed by atoms with E-state index in [1.807, 2.05) is 56.1 Å². The molecule has 31 heavy (non-hydrogen) atoms. The second-order valence-electron chi connectivity index (χ2n) is 8.25. The average molecular weight is 437 g/mol. The van der Waals surface area contributed by atoms with E-state index in [0.29, 0.717) is 27.9 Å². The van der Waals surface area contributed by atoms with Crippen molar-refractivity contribution in [2.75, 3.05) is 7.05 Å². The van der Waals surface area contributed by atoms with E-state index in [-0.39, 0.29) is 16.7 Å². The zero-order chi connectivity index (χ0) is 22.0. The van der Waals surface area contributed by atoms with Crippen LogP contribution in [0.4, 0.5) is 0 Å². The Bertz CT molecular complexity index is 1140. The monoisotopic (exact) mass is 436 g/mol. The van der Waals surface area contributed by atoms with Gasteiger partial charge >= 0.3 is 0 Å². The molecule has 1 unspecified atom stereocenters.